The van der Waals surface area contributed by atoms with E-state index in [9.17, 15) is 8.42 Å². The quantitative estimate of drug-likeness (QED) is 0.580. The van der Waals surface area contributed by atoms with Gasteiger partial charge in [-0.1, -0.05) is 12.8 Å². The van der Waals surface area contributed by atoms with Crippen molar-refractivity contribution in [2.75, 3.05) is 17.8 Å². The molecule has 0 aliphatic carbocycles. The highest BCUT2D eigenvalue weighted by atomic mass is 32.2. The van der Waals surface area contributed by atoms with E-state index in [-0.39, 0.29) is 5.84 Å². The summed E-state index contributed by atoms with van der Waals surface area (Å²) >= 11 is 0. The highest BCUT2D eigenvalue weighted by Crippen LogP contribution is 2.17. The first kappa shape index (κ1) is 14.8. The average Bonchev–Trinajstić information content (AvgIpc) is 2.68. The number of benzene rings is 1. The van der Waals surface area contributed by atoms with Crippen molar-refractivity contribution in [1.82, 2.24) is 4.31 Å². The van der Waals surface area contributed by atoms with Gasteiger partial charge in [-0.25, -0.2) is 0 Å². The fraction of sp³-hybridized carbons (Fsp3) is 0.462. The zero-order chi connectivity index (χ0) is 14.6. The molecular weight excluding hydrogens is 276 g/mol. The SMILES string of the molecule is N=C(N)c1ccc(NS(=O)(=O)N2CCCCCC2)cc1. The molecule has 1 aromatic rings. The third kappa shape index (κ3) is 3.71. The number of hydrogen-bond acceptors (Lipinski definition) is 3. The van der Waals surface area contributed by atoms with Gasteiger partial charge in [0.2, 0.25) is 0 Å². The van der Waals surface area contributed by atoms with Crippen LogP contribution in [-0.4, -0.2) is 31.6 Å². The molecule has 7 heteroatoms. The number of nitrogens with one attached hydrogen (secondary N) is 2. The fourth-order valence-corrected chi connectivity index (χ4v) is 3.52. The largest absolute Gasteiger partial charge is 0.384 e. The Hall–Kier alpha value is -1.60. The predicted octanol–water partition coefficient (Wildman–Crippen LogP) is 1.50. The Morgan fingerprint density at radius 1 is 1.10 bits per heavy atom. The van der Waals surface area contributed by atoms with Gasteiger partial charge >= 0.3 is 10.2 Å². The third-order valence-electron chi connectivity index (χ3n) is 3.35. The molecule has 0 unspecified atom stereocenters. The summed E-state index contributed by atoms with van der Waals surface area (Å²) in [6.07, 6.45) is 3.98. The molecule has 4 N–H and O–H groups in total. The van der Waals surface area contributed by atoms with E-state index in [4.69, 9.17) is 11.1 Å². The maximum absolute atomic E-state index is 12.3. The summed E-state index contributed by atoms with van der Waals surface area (Å²) in [6.45, 7) is 1.14. The molecule has 0 spiro atoms. The molecular formula is C13H20N4O2S. The summed E-state index contributed by atoms with van der Waals surface area (Å²) in [7, 11) is -3.49. The van der Waals surface area contributed by atoms with Gasteiger partial charge in [0.05, 0.1) is 0 Å². The van der Waals surface area contributed by atoms with E-state index in [0.717, 1.165) is 25.7 Å². The summed E-state index contributed by atoms with van der Waals surface area (Å²) < 4.78 is 28.6. The van der Waals surface area contributed by atoms with Crippen LogP contribution in [0.2, 0.25) is 0 Å². The molecule has 0 aromatic heterocycles. The van der Waals surface area contributed by atoms with Crippen LogP contribution in [0.15, 0.2) is 24.3 Å². The zero-order valence-corrected chi connectivity index (χ0v) is 12.1. The highest BCUT2D eigenvalue weighted by Gasteiger charge is 2.22. The molecule has 1 saturated heterocycles. The highest BCUT2D eigenvalue weighted by molar-refractivity contribution is 7.90. The van der Waals surface area contributed by atoms with Crippen LogP contribution < -0.4 is 10.5 Å². The third-order valence-corrected chi connectivity index (χ3v) is 4.89. The molecule has 1 aromatic carbocycles. The monoisotopic (exact) mass is 296 g/mol. The molecule has 0 saturated carbocycles. The maximum atomic E-state index is 12.3. The first-order valence-electron chi connectivity index (χ1n) is 6.71. The van der Waals surface area contributed by atoms with Crippen molar-refractivity contribution in [3.8, 4) is 0 Å². The van der Waals surface area contributed by atoms with Crippen LogP contribution in [-0.2, 0) is 10.2 Å². The minimum atomic E-state index is -3.49. The summed E-state index contributed by atoms with van der Waals surface area (Å²) in [5, 5.41) is 7.30. The van der Waals surface area contributed by atoms with Crippen LogP contribution in [0.25, 0.3) is 0 Å². The van der Waals surface area contributed by atoms with Crippen molar-refractivity contribution >= 4 is 21.7 Å². The van der Waals surface area contributed by atoms with E-state index in [2.05, 4.69) is 4.72 Å². The van der Waals surface area contributed by atoms with Crippen molar-refractivity contribution in [2.24, 2.45) is 5.73 Å². The number of nitrogens with zero attached hydrogens (tertiary/aromatic N) is 1. The van der Waals surface area contributed by atoms with Crippen LogP contribution in [0.1, 0.15) is 31.2 Å². The first-order valence-corrected chi connectivity index (χ1v) is 8.15. The van der Waals surface area contributed by atoms with Gasteiger partial charge in [-0.3, -0.25) is 10.1 Å². The fourth-order valence-electron chi connectivity index (χ4n) is 2.21. The standard InChI is InChI=1S/C13H20N4O2S/c14-13(15)11-5-7-12(8-6-11)16-20(18,19)17-9-3-1-2-4-10-17/h5-8,16H,1-4,9-10H2,(H3,14,15). The number of amidine groups is 1. The summed E-state index contributed by atoms with van der Waals surface area (Å²) in [4.78, 5) is 0. The Balaban J connectivity index is 2.08. The van der Waals surface area contributed by atoms with Crippen LogP contribution in [0.5, 0.6) is 0 Å². The van der Waals surface area contributed by atoms with Crippen molar-refractivity contribution in [3.05, 3.63) is 29.8 Å². The molecule has 0 amide bonds. The lowest BCUT2D eigenvalue weighted by atomic mass is 10.2. The van der Waals surface area contributed by atoms with E-state index in [1.807, 2.05) is 0 Å². The van der Waals surface area contributed by atoms with Crippen LogP contribution >= 0.6 is 0 Å². The maximum Gasteiger partial charge on any atom is 0.301 e. The molecule has 0 atom stereocenters. The predicted molar refractivity (Wildman–Crippen MR) is 80.0 cm³/mol. The van der Waals surface area contributed by atoms with Crippen LogP contribution in [0.4, 0.5) is 5.69 Å². The lowest BCUT2D eigenvalue weighted by molar-refractivity contribution is 0.427. The van der Waals surface area contributed by atoms with E-state index >= 15 is 0 Å². The molecule has 1 aliphatic rings. The molecule has 0 radical (unpaired) electrons. The smallest absolute Gasteiger partial charge is 0.301 e. The lowest BCUT2D eigenvalue weighted by Crippen LogP contribution is -2.36. The number of anilines is 1. The second-order valence-corrected chi connectivity index (χ2v) is 6.58. The van der Waals surface area contributed by atoms with Gasteiger partial charge in [0.1, 0.15) is 5.84 Å². The van der Waals surface area contributed by atoms with Gasteiger partial charge < -0.3 is 5.73 Å². The Labute approximate surface area is 119 Å². The molecule has 110 valence electrons. The molecule has 20 heavy (non-hydrogen) atoms. The minimum absolute atomic E-state index is 0.0353. The Morgan fingerprint density at radius 2 is 1.65 bits per heavy atom. The van der Waals surface area contributed by atoms with Crippen LogP contribution in [0, 0.1) is 5.41 Å². The molecule has 2 rings (SSSR count). The van der Waals surface area contributed by atoms with Crippen LogP contribution in [0.3, 0.4) is 0 Å². The molecule has 0 bridgehead atoms. The van der Waals surface area contributed by atoms with E-state index < -0.39 is 10.2 Å². The van der Waals surface area contributed by atoms with Gasteiger partial charge in [0.15, 0.2) is 0 Å². The topological polar surface area (TPSA) is 99.3 Å². The van der Waals surface area contributed by atoms with Gasteiger partial charge in [-0.05, 0) is 37.1 Å². The molecule has 1 fully saturated rings. The molecule has 1 aliphatic heterocycles. The van der Waals surface area contributed by atoms with Gasteiger partial charge in [-0.2, -0.15) is 12.7 Å². The second kappa shape index (κ2) is 6.23. The zero-order valence-electron chi connectivity index (χ0n) is 11.3. The summed E-state index contributed by atoms with van der Waals surface area (Å²) in [5.74, 6) is -0.0353. The average molecular weight is 296 g/mol. The summed E-state index contributed by atoms with van der Waals surface area (Å²) in [6, 6.07) is 6.49. The molecule has 1 heterocycles. The van der Waals surface area contributed by atoms with Crippen molar-refractivity contribution in [2.45, 2.75) is 25.7 Å². The van der Waals surface area contributed by atoms with E-state index in [0.29, 0.717) is 24.3 Å². The second-order valence-electron chi connectivity index (χ2n) is 4.91. The van der Waals surface area contributed by atoms with E-state index in [1.54, 1.807) is 24.3 Å². The Bertz CT molecular complexity index is 561. The molecule has 6 nitrogen and oxygen atoms in total. The number of hydrogen-bond donors (Lipinski definition) is 3. The van der Waals surface area contributed by atoms with Crippen molar-refractivity contribution in [1.29, 1.82) is 5.41 Å². The van der Waals surface area contributed by atoms with Crippen molar-refractivity contribution < 1.29 is 8.42 Å². The summed E-state index contributed by atoms with van der Waals surface area (Å²) in [5.41, 5.74) is 6.42. The minimum Gasteiger partial charge on any atom is -0.384 e. The van der Waals surface area contributed by atoms with Gasteiger partial charge in [-0.15, -0.1) is 0 Å². The van der Waals surface area contributed by atoms with Gasteiger partial charge in [0.25, 0.3) is 0 Å². The Morgan fingerprint density at radius 3 is 2.15 bits per heavy atom. The van der Waals surface area contributed by atoms with Gasteiger partial charge in [0, 0.05) is 24.3 Å². The number of nitrogen functional groups attached to an aromatic ring is 1. The number of nitrogens with two attached hydrogens (primary N) is 1. The lowest BCUT2D eigenvalue weighted by Gasteiger charge is -2.20. The normalized spacial score (nSPS) is 17.4. The Kier molecular flexibility index (Phi) is 4.61. The number of rotatable bonds is 4. The van der Waals surface area contributed by atoms with E-state index in [1.165, 1.54) is 4.31 Å². The van der Waals surface area contributed by atoms with Crippen molar-refractivity contribution in [3.63, 3.8) is 0 Å². The first-order chi connectivity index (χ1) is 9.49.